The highest BCUT2D eigenvalue weighted by atomic mass is 16.7. The van der Waals surface area contributed by atoms with Crippen molar-refractivity contribution in [1.29, 1.82) is 0 Å². The quantitative estimate of drug-likeness (QED) is 0.706. The van der Waals surface area contributed by atoms with E-state index in [0.29, 0.717) is 24.4 Å². The largest absolute Gasteiger partial charge is 0.462 e. The van der Waals surface area contributed by atoms with E-state index in [9.17, 15) is 14.7 Å². The maximum absolute atomic E-state index is 13.4. The van der Waals surface area contributed by atoms with Crippen LogP contribution < -0.4 is 0 Å². The van der Waals surface area contributed by atoms with Crippen molar-refractivity contribution in [2.45, 2.75) is 77.3 Å². The van der Waals surface area contributed by atoms with E-state index in [2.05, 4.69) is 0 Å². The molecule has 5 rings (SSSR count). The zero-order chi connectivity index (χ0) is 19.4. The Morgan fingerprint density at radius 2 is 1.89 bits per heavy atom. The van der Waals surface area contributed by atoms with Crippen LogP contribution in [0, 0.1) is 22.7 Å². The third-order valence-corrected chi connectivity index (χ3v) is 8.28. The van der Waals surface area contributed by atoms with Gasteiger partial charge in [0.2, 0.25) is 0 Å². The zero-order valence-corrected chi connectivity index (χ0v) is 16.4. The van der Waals surface area contributed by atoms with Crippen molar-refractivity contribution >= 4 is 11.6 Å². The first-order valence-electron chi connectivity index (χ1n) is 10.1. The molecular formula is C21H28O6. The molecule has 0 aromatic heterocycles. The van der Waals surface area contributed by atoms with E-state index in [1.54, 1.807) is 0 Å². The van der Waals surface area contributed by atoms with E-state index in [0.717, 1.165) is 12.8 Å². The minimum atomic E-state index is -0.690. The minimum absolute atomic E-state index is 0.000498. The monoisotopic (exact) mass is 376 g/mol. The molecular weight excluding hydrogens is 348 g/mol. The summed E-state index contributed by atoms with van der Waals surface area (Å²) < 4.78 is 17.9. The summed E-state index contributed by atoms with van der Waals surface area (Å²) in [6.45, 7) is 7.97. The molecule has 3 fully saturated rings. The van der Waals surface area contributed by atoms with Crippen molar-refractivity contribution in [3.05, 3.63) is 11.5 Å². The first-order valence-corrected chi connectivity index (χ1v) is 10.1. The van der Waals surface area contributed by atoms with Crippen LogP contribution in [0.25, 0.3) is 0 Å². The number of hydrogen-bond acceptors (Lipinski definition) is 6. The van der Waals surface area contributed by atoms with Gasteiger partial charge < -0.3 is 19.3 Å². The number of aliphatic hydroxyl groups is 1. The topological polar surface area (TPSA) is 85.4 Å². The number of ether oxygens (including phenoxy) is 3. The minimum Gasteiger partial charge on any atom is -0.462 e. The van der Waals surface area contributed by atoms with Crippen molar-refractivity contribution in [3.8, 4) is 0 Å². The first kappa shape index (κ1) is 17.7. The molecule has 2 aliphatic carbocycles. The molecule has 148 valence electrons. The van der Waals surface area contributed by atoms with Crippen LogP contribution in [0.4, 0.5) is 0 Å². The van der Waals surface area contributed by atoms with Gasteiger partial charge in [0, 0.05) is 23.2 Å². The number of Topliss-reactive ketones (excluding diaryl/α,β-unsaturated/α-hetero) is 2. The summed E-state index contributed by atoms with van der Waals surface area (Å²) in [6.07, 6.45) is 1.59. The Morgan fingerprint density at radius 1 is 1.15 bits per heavy atom. The second-order valence-electron chi connectivity index (χ2n) is 9.87. The lowest BCUT2D eigenvalue weighted by Crippen LogP contribution is -2.66. The number of rotatable bonds is 1. The van der Waals surface area contributed by atoms with E-state index < -0.39 is 22.5 Å². The Bertz CT molecular complexity index is 773. The van der Waals surface area contributed by atoms with Crippen molar-refractivity contribution in [3.63, 3.8) is 0 Å². The number of hydrogen-bond donors (Lipinski definition) is 1. The molecule has 8 atom stereocenters. The number of aliphatic hydroxyl groups excluding tert-OH is 1. The maximum Gasteiger partial charge on any atom is 0.286 e. The summed E-state index contributed by atoms with van der Waals surface area (Å²) in [4.78, 5) is 26.1. The van der Waals surface area contributed by atoms with Crippen LogP contribution in [0.15, 0.2) is 11.5 Å². The van der Waals surface area contributed by atoms with E-state index in [4.69, 9.17) is 14.2 Å². The molecule has 0 amide bonds. The van der Waals surface area contributed by atoms with Crippen molar-refractivity contribution in [2.75, 3.05) is 6.61 Å². The highest BCUT2D eigenvalue weighted by Crippen LogP contribution is 2.67. The molecule has 0 spiro atoms. The smallest absolute Gasteiger partial charge is 0.286 e. The van der Waals surface area contributed by atoms with Crippen LogP contribution in [0.5, 0.6) is 0 Å². The molecule has 0 aromatic rings. The standard InChI is InChI=1S/C21H28O6/c1-10-7-12(23)11-8-14-20(3,27-18(11)25-10)6-5-13-19(2,9-22)17-15(26-17)16(24)21(13,14)4/h10,13-15,17,22H,5-9H2,1-4H3/t10-,13-,14+,15-,17-,19+,20-,21+/m1/s1. The number of carbonyl (C=O) groups is 2. The Labute approximate surface area is 159 Å². The summed E-state index contributed by atoms with van der Waals surface area (Å²) in [7, 11) is 0. The van der Waals surface area contributed by atoms with Gasteiger partial charge in [-0.25, -0.2) is 0 Å². The van der Waals surface area contributed by atoms with Gasteiger partial charge in [0.1, 0.15) is 17.8 Å². The third-order valence-electron chi connectivity index (χ3n) is 8.28. The van der Waals surface area contributed by atoms with Crippen LogP contribution in [0.1, 0.15) is 53.4 Å². The lowest BCUT2D eigenvalue weighted by atomic mass is 9.44. The Hall–Kier alpha value is -1.40. The summed E-state index contributed by atoms with van der Waals surface area (Å²) in [5, 5.41) is 10.2. The van der Waals surface area contributed by atoms with Crippen molar-refractivity contribution in [1.82, 2.24) is 0 Å². The number of epoxide rings is 1. The summed E-state index contributed by atoms with van der Waals surface area (Å²) >= 11 is 0. The molecule has 0 radical (unpaired) electrons. The normalized spacial score (nSPS) is 53.4. The lowest BCUT2D eigenvalue weighted by molar-refractivity contribution is -0.211. The highest BCUT2D eigenvalue weighted by Gasteiger charge is 2.75. The highest BCUT2D eigenvalue weighted by molar-refractivity contribution is 5.97. The van der Waals surface area contributed by atoms with Gasteiger partial charge in [-0.2, -0.15) is 0 Å². The lowest BCUT2D eigenvalue weighted by Gasteiger charge is -2.61. The molecule has 0 unspecified atom stereocenters. The fourth-order valence-electron chi connectivity index (χ4n) is 6.70. The molecule has 3 heterocycles. The predicted molar refractivity (Wildman–Crippen MR) is 94.5 cm³/mol. The summed E-state index contributed by atoms with van der Waals surface area (Å²) in [5.41, 5.74) is -1.10. The average molecular weight is 376 g/mol. The molecule has 5 aliphatic rings. The molecule has 27 heavy (non-hydrogen) atoms. The number of fused-ring (bicyclic) bond motifs is 4. The van der Waals surface area contributed by atoms with Crippen LogP contribution in [-0.2, 0) is 23.8 Å². The van der Waals surface area contributed by atoms with Crippen LogP contribution in [-0.4, -0.2) is 47.2 Å². The van der Waals surface area contributed by atoms with Crippen molar-refractivity contribution in [2.24, 2.45) is 22.7 Å². The van der Waals surface area contributed by atoms with E-state index >= 15 is 0 Å². The summed E-state index contributed by atoms with van der Waals surface area (Å²) in [5.74, 6) is 0.420. The van der Waals surface area contributed by atoms with Crippen molar-refractivity contribution < 1.29 is 28.9 Å². The second-order valence-corrected chi connectivity index (χ2v) is 9.87. The van der Waals surface area contributed by atoms with Gasteiger partial charge in [0.25, 0.3) is 5.95 Å². The fourth-order valence-corrected chi connectivity index (χ4v) is 6.70. The van der Waals surface area contributed by atoms with E-state index in [-0.39, 0.29) is 42.2 Å². The Morgan fingerprint density at radius 3 is 2.59 bits per heavy atom. The zero-order valence-electron chi connectivity index (χ0n) is 16.4. The Kier molecular flexibility index (Phi) is 3.37. The van der Waals surface area contributed by atoms with Gasteiger partial charge in [-0.15, -0.1) is 0 Å². The van der Waals surface area contributed by atoms with Crippen LogP contribution in [0.3, 0.4) is 0 Å². The van der Waals surface area contributed by atoms with Gasteiger partial charge in [0.15, 0.2) is 11.6 Å². The molecule has 3 aliphatic heterocycles. The summed E-state index contributed by atoms with van der Waals surface area (Å²) in [6, 6.07) is 0. The molecule has 6 heteroatoms. The molecule has 6 nitrogen and oxygen atoms in total. The van der Waals surface area contributed by atoms with Gasteiger partial charge >= 0.3 is 0 Å². The predicted octanol–water partition coefficient (Wildman–Crippen LogP) is 2.14. The molecule has 0 aromatic carbocycles. The van der Waals surface area contributed by atoms with Gasteiger partial charge in [-0.05, 0) is 39.0 Å². The molecule has 1 N–H and O–H groups in total. The third kappa shape index (κ3) is 2.03. The van der Waals surface area contributed by atoms with Crippen LogP contribution >= 0.6 is 0 Å². The van der Waals surface area contributed by atoms with Gasteiger partial charge in [0.05, 0.1) is 18.3 Å². The van der Waals surface area contributed by atoms with E-state index in [1.807, 2.05) is 27.7 Å². The second kappa shape index (κ2) is 5.15. The molecule has 0 bridgehead atoms. The first-order chi connectivity index (χ1) is 12.6. The number of ketones is 2. The molecule has 2 saturated carbocycles. The number of allylic oxidation sites excluding steroid dienone is 1. The fraction of sp³-hybridized carbons (Fsp3) is 0.810. The number of carbonyl (C=O) groups excluding carboxylic acids is 2. The van der Waals surface area contributed by atoms with E-state index in [1.165, 1.54) is 0 Å². The van der Waals surface area contributed by atoms with Gasteiger partial charge in [-0.1, -0.05) is 13.8 Å². The van der Waals surface area contributed by atoms with Gasteiger partial charge in [-0.3, -0.25) is 9.59 Å². The Balaban J connectivity index is 1.60. The maximum atomic E-state index is 13.4. The van der Waals surface area contributed by atoms with Crippen LogP contribution in [0.2, 0.25) is 0 Å². The average Bonchev–Trinajstić information content (AvgIpc) is 3.40. The SMILES string of the molecule is C[C@@H]1CC(=O)C2=C(O1)O[C@]1(C)CC[C@@H]3[C@](C)(CO)[C@@H]4O[C@@H]4C(=O)[C@]3(C)[C@H]1C2. The molecule has 1 saturated heterocycles.